The molecular formula is C30H46. The normalized spacial score (nSPS) is 28.3. The van der Waals surface area contributed by atoms with Crippen LogP contribution in [0.15, 0.2) is 24.3 Å². The Labute approximate surface area is 186 Å². The van der Waals surface area contributed by atoms with Crippen molar-refractivity contribution < 1.29 is 0 Å². The van der Waals surface area contributed by atoms with E-state index in [1.165, 1.54) is 128 Å². The molecule has 0 heteroatoms. The first-order valence-electron chi connectivity index (χ1n) is 14.0. The molecule has 0 unspecified atom stereocenters. The lowest BCUT2D eigenvalue weighted by Gasteiger charge is -2.52. The fourth-order valence-corrected chi connectivity index (χ4v) is 8.82. The van der Waals surface area contributed by atoms with Gasteiger partial charge in [-0.15, -0.1) is 0 Å². The fourth-order valence-electron chi connectivity index (χ4n) is 8.82. The van der Waals surface area contributed by atoms with Crippen molar-refractivity contribution in [2.45, 2.75) is 139 Å². The van der Waals surface area contributed by atoms with E-state index in [2.05, 4.69) is 24.3 Å². The highest BCUT2D eigenvalue weighted by Crippen LogP contribution is 2.57. The summed E-state index contributed by atoms with van der Waals surface area (Å²) in [6.45, 7) is 0. The third kappa shape index (κ3) is 3.80. The van der Waals surface area contributed by atoms with Gasteiger partial charge in [-0.05, 0) is 85.2 Å². The Morgan fingerprint density at radius 1 is 0.433 bits per heavy atom. The van der Waals surface area contributed by atoms with Gasteiger partial charge in [0.25, 0.3) is 0 Å². The molecule has 4 saturated carbocycles. The van der Waals surface area contributed by atoms with Crippen LogP contribution in [0.5, 0.6) is 0 Å². The van der Waals surface area contributed by atoms with Gasteiger partial charge in [0.2, 0.25) is 0 Å². The molecule has 4 aliphatic rings. The standard InChI is InChI=1S/C30H46/c1-5-15-25(16-6-1)29(21-11-3-12-22-29)27-19-9-10-20-28(27)30(23-13-4-14-24-30)26-17-7-2-8-18-26/h9-10,19-20,25-26H,1-8,11-18,21-24H2. The van der Waals surface area contributed by atoms with Crippen LogP contribution in [-0.4, -0.2) is 0 Å². The van der Waals surface area contributed by atoms with E-state index in [-0.39, 0.29) is 0 Å². The highest BCUT2D eigenvalue weighted by atomic mass is 14.5. The van der Waals surface area contributed by atoms with E-state index in [1.54, 1.807) is 0 Å². The van der Waals surface area contributed by atoms with Crippen LogP contribution in [0, 0.1) is 11.8 Å². The van der Waals surface area contributed by atoms with Crippen LogP contribution in [0.25, 0.3) is 0 Å². The predicted molar refractivity (Wildman–Crippen MR) is 129 cm³/mol. The van der Waals surface area contributed by atoms with Crippen molar-refractivity contribution >= 4 is 0 Å². The maximum atomic E-state index is 2.65. The van der Waals surface area contributed by atoms with E-state index in [1.807, 2.05) is 11.1 Å². The summed E-state index contributed by atoms with van der Waals surface area (Å²) in [5, 5.41) is 0. The summed E-state index contributed by atoms with van der Waals surface area (Å²) in [7, 11) is 0. The van der Waals surface area contributed by atoms with Crippen molar-refractivity contribution in [2.24, 2.45) is 11.8 Å². The number of benzene rings is 1. The Bertz CT molecular complexity index is 602. The third-order valence-corrected chi connectivity index (χ3v) is 10.3. The number of hydrogen-bond donors (Lipinski definition) is 0. The average Bonchev–Trinajstić information content (AvgIpc) is 2.86. The molecular weight excluding hydrogens is 360 g/mol. The molecule has 0 heterocycles. The summed E-state index contributed by atoms with van der Waals surface area (Å²) in [5.74, 6) is 1.92. The Morgan fingerprint density at radius 3 is 1.13 bits per heavy atom. The summed E-state index contributed by atoms with van der Waals surface area (Å²) in [6.07, 6.45) is 29.7. The van der Waals surface area contributed by atoms with E-state index in [0.29, 0.717) is 10.8 Å². The van der Waals surface area contributed by atoms with E-state index < -0.39 is 0 Å². The average molecular weight is 407 g/mol. The van der Waals surface area contributed by atoms with E-state index in [0.717, 1.165) is 11.8 Å². The molecule has 0 atom stereocenters. The van der Waals surface area contributed by atoms with Crippen molar-refractivity contribution in [1.82, 2.24) is 0 Å². The van der Waals surface area contributed by atoms with Crippen molar-refractivity contribution in [3.63, 3.8) is 0 Å². The van der Waals surface area contributed by atoms with Crippen LogP contribution in [-0.2, 0) is 10.8 Å². The van der Waals surface area contributed by atoms with Gasteiger partial charge in [-0.1, -0.05) is 101 Å². The number of hydrogen-bond acceptors (Lipinski definition) is 0. The molecule has 4 fully saturated rings. The topological polar surface area (TPSA) is 0 Å². The molecule has 4 aliphatic carbocycles. The van der Waals surface area contributed by atoms with Gasteiger partial charge in [0, 0.05) is 0 Å². The zero-order chi connectivity index (χ0) is 20.3. The molecule has 0 aliphatic heterocycles. The van der Waals surface area contributed by atoms with Crippen molar-refractivity contribution in [3.05, 3.63) is 35.4 Å². The highest BCUT2D eigenvalue weighted by Gasteiger charge is 2.48. The second kappa shape index (κ2) is 9.38. The SMILES string of the molecule is c1ccc(C2(C3CCCCC3)CCCCC2)c(C2(C3CCCCC3)CCCCC2)c1. The Hall–Kier alpha value is -0.780. The molecule has 0 spiro atoms. The van der Waals surface area contributed by atoms with Crippen molar-refractivity contribution in [1.29, 1.82) is 0 Å². The maximum absolute atomic E-state index is 2.65. The molecule has 0 amide bonds. The molecule has 5 rings (SSSR count). The Kier molecular flexibility index (Phi) is 6.59. The zero-order valence-electron chi connectivity index (χ0n) is 19.6. The summed E-state index contributed by atoms with van der Waals surface area (Å²) in [4.78, 5) is 0. The predicted octanol–water partition coefficient (Wildman–Crippen LogP) is 9.25. The summed E-state index contributed by atoms with van der Waals surface area (Å²) < 4.78 is 0. The lowest BCUT2D eigenvalue weighted by atomic mass is 9.52. The van der Waals surface area contributed by atoms with Gasteiger partial charge >= 0.3 is 0 Å². The second-order valence-electron chi connectivity index (χ2n) is 11.6. The molecule has 1 aromatic carbocycles. The molecule has 0 aromatic heterocycles. The van der Waals surface area contributed by atoms with Crippen LogP contribution in [0.3, 0.4) is 0 Å². The lowest BCUT2D eigenvalue weighted by Crippen LogP contribution is -2.44. The lowest BCUT2D eigenvalue weighted by molar-refractivity contribution is 0.126. The minimum Gasteiger partial charge on any atom is -0.0620 e. The van der Waals surface area contributed by atoms with Gasteiger partial charge in [0.15, 0.2) is 0 Å². The van der Waals surface area contributed by atoms with Crippen LogP contribution >= 0.6 is 0 Å². The molecule has 0 saturated heterocycles. The molecule has 30 heavy (non-hydrogen) atoms. The third-order valence-electron chi connectivity index (χ3n) is 10.3. The van der Waals surface area contributed by atoms with Gasteiger partial charge in [0.1, 0.15) is 0 Å². The van der Waals surface area contributed by atoms with Crippen molar-refractivity contribution in [2.75, 3.05) is 0 Å². The first kappa shape index (κ1) is 21.1. The monoisotopic (exact) mass is 406 g/mol. The first-order valence-corrected chi connectivity index (χ1v) is 14.0. The van der Waals surface area contributed by atoms with Crippen LogP contribution < -0.4 is 0 Å². The van der Waals surface area contributed by atoms with E-state index in [9.17, 15) is 0 Å². The molecule has 0 bridgehead atoms. The van der Waals surface area contributed by atoms with Gasteiger partial charge in [-0.2, -0.15) is 0 Å². The van der Waals surface area contributed by atoms with Crippen molar-refractivity contribution in [3.8, 4) is 0 Å². The minimum atomic E-state index is 0.508. The highest BCUT2D eigenvalue weighted by molar-refractivity contribution is 5.42. The molecule has 0 radical (unpaired) electrons. The molecule has 1 aromatic rings. The molecule has 0 N–H and O–H groups in total. The van der Waals surface area contributed by atoms with Gasteiger partial charge < -0.3 is 0 Å². The summed E-state index contributed by atoms with van der Waals surface area (Å²) in [6, 6.07) is 10.1. The fraction of sp³-hybridized carbons (Fsp3) is 0.800. The summed E-state index contributed by atoms with van der Waals surface area (Å²) in [5.41, 5.74) is 4.75. The largest absolute Gasteiger partial charge is 0.0620 e. The number of rotatable bonds is 4. The maximum Gasteiger partial charge on any atom is -0.00158 e. The smallest absolute Gasteiger partial charge is 0.00158 e. The molecule has 0 nitrogen and oxygen atoms in total. The quantitative estimate of drug-likeness (QED) is 0.467. The Balaban J connectivity index is 1.60. The molecule has 166 valence electrons. The Morgan fingerprint density at radius 2 is 0.767 bits per heavy atom. The van der Waals surface area contributed by atoms with Crippen LogP contribution in [0.2, 0.25) is 0 Å². The van der Waals surface area contributed by atoms with E-state index in [4.69, 9.17) is 0 Å². The van der Waals surface area contributed by atoms with Crippen LogP contribution in [0.4, 0.5) is 0 Å². The summed E-state index contributed by atoms with van der Waals surface area (Å²) >= 11 is 0. The second-order valence-corrected chi connectivity index (χ2v) is 11.6. The zero-order valence-corrected chi connectivity index (χ0v) is 19.6. The van der Waals surface area contributed by atoms with E-state index >= 15 is 0 Å². The first-order chi connectivity index (χ1) is 14.9. The van der Waals surface area contributed by atoms with Gasteiger partial charge in [-0.3, -0.25) is 0 Å². The minimum absolute atomic E-state index is 0.508. The van der Waals surface area contributed by atoms with Gasteiger partial charge in [0.05, 0.1) is 0 Å². The van der Waals surface area contributed by atoms with Gasteiger partial charge in [-0.25, -0.2) is 0 Å². The van der Waals surface area contributed by atoms with Crippen LogP contribution in [0.1, 0.15) is 140 Å².